The Morgan fingerprint density at radius 3 is 2.59 bits per heavy atom. The van der Waals surface area contributed by atoms with Crippen molar-refractivity contribution in [3.8, 4) is 0 Å². The second kappa shape index (κ2) is 6.48. The zero-order valence-electron chi connectivity index (χ0n) is 13.1. The summed E-state index contributed by atoms with van der Waals surface area (Å²) in [4.78, 5) is 26.9. The number of carbonyl (C=O) groups is 2. The zero-order valence-corrected chi connectivity index (χ0v) is 13.1. The lowest BCUT2D eigenvalue weighted by atomic mass is 10.1. The highest BCUT2D eigenvalue weighted by molar-refractivity contribution is 5.87. The number of rotatable bonds is 3. The van der Waals surface area contributed by atoms with Gasteiger partial charge in [0, 0.05) is 13.1 Å². The van der Waals surface area contributed by atoms with Gasteiger partial charge in [-0.1, -0.05) is 30.3 Å². The molecule has 2 amide bonds. The van der Waals surface area contributed by atoms with Crippen LogP contribution in [0.4, 0.5) is 0 Å². The fraction of sp³-hybridized carbons (Fsp3) is 0.529. The Labute approximate surface area is 131 Å². The minimum atomic E-state index is 0.0467. The summed E-state index contributed by atoms with van der Waals surface area (Å²) in [5.74, 6) is 0.0940. The highest BCUT2D eigenvalue weighted by atomic mass is 16.2. The maximum absolute atomic E-state index is 12.5. The predicted molar refractivity (Wildman–Crippen MR) is 83.8 cm³/mol. The predicted octanol–water partition coefficient (Wildman–Crippen LogP) is 1.30. The van der Waals surface area contributed by atoms with Gasteiger partial charge in [-0.2, -0.15) is 0 Å². The van der Waals surface area contributed by atoms with Gasteiger partial charge >= 0.3 is 0 Å². The van der Waals surface area contributed by atoms with E-state index < -0.39 is 0 Å². The van der Waals surface area contributed by atoms with Crippen LogP contribution in [0.15, 0.2) is 30.3 Å². The summed E-state index contributed by atoms with van der Waals surface area (Å²) >= 11 is 0. The molecule has 2 heterocycles. The van der Waals surface area contributed by atoms with Gasteiger partial charge in [0.25, 0.3) is 11.8 Å². The average Bonchev–Trinajstić information content (AvgIpc) is 2.64. The smallest absolute Gasteiger partial charge is 0.255 e. The summed E-state index contributed by atoms with van der Waals surface area (Å²) in [5, 5.41) is 3.35. The van der Waals surface area contributed by atoms with Gasteiger partial charge in [-0.15, -0.1) is 0 Å². The summed E-state index contributed by atoms with van der Waals surface area (Å²) in [5.41, 5.74) is 1.23. The van der Waals surface area contributed by atoms with Gasteiger partial charge in [0.15, 0.2) is 0 Å². The van der Waals surface area contributed by atoms with E-state index in [1.54, 1.807) is 10.0 Å². The first-order valence-electron chi connectivity index (χ1n) is 8.04. The molecular formula is C17H23N3O2. The molecule has 1 atom stereocenters. The Morgan fingerprint density at radius 1 is 1.09 bits per heavy atom. The van der Waals surface area contributed by atoms with Crippen molar-refractivity contribution >= 4 is 11.8 Å². The minimum absolute atomic E-state index is 0.0467. The second-order valence-corrected chi connectivity index (χ2v) is 6.19. The third kappa shape index (κ3) is 3.14. The van der Waals surface area contributed by atoms with E-state index >= 15 is 0 Å². The summed E-state index contributed by atoms with van der Waals surface area (Å²) in [6.45, 7) is 4.09. The molecular weight excluding hydrogens is 278 g/mol. The molecule has 118 valence electrons. The number of hydrogen-bond acceptors (Lipinski definition) is 3. The molecule has 2 aliphatic heterocycles. The standard InChI is InChI=1S/C17H23N3O2/c1-14-6-5-10-19-16(21)12-18(13-17(22)20(14)19)11-9-15-7-3-2-4-8-15/h2-4,7-8,14H,5-6,9-13H2,1H3/t14-/m0/s1. The number of hydrogen-bond donors (Lipinski definition) is 0. The number of carbonyl (C=O) groups excluding carboxylic acids is 2. The van der Waals surface area contributed by atoms with Gasteiger partial charge in [-0.25, -0.2) is 5.01 Å². The zero-order chi connectivity index (χ0) is 15.5. The van der Waals surface area contributed by atoms with E-state index in [1.807, 2.05) is 30.0 Å². The quantitative estimate of drug-likeness (QED) is 0.845. The van der Waals surface area contributed by atoms with Gasteiger partial charge in [-0.05, 0) is 31.7 Å². The summed E-state index contributed by atoms with van der Waals surface area (Å²) < 4.78 is 0. The molecule has 22 heavy (non-hydrogen) atoms. The summed E-state index contributed by atoms with van der Waals surface area (Å²) in [6, 6.07) is 10.3. The largest absolute Gasteiger partial charge is 0.285 e. The Kier molecular flexibility index (Phi) is 4.43. The molecule has 2 aliphatic rings. The highest BCUT2D eigenvalue weighted by Gasteiger charge is 2.37. The maximum Gasteiger partial charge on any atom is 0.255 e. The molecule has 2 fully saturated rings. The first-order chi connectivity index (χ1) is 10.6. The van der Waals surface area contributed by atoms with Gasteiger partial charge in [-0.3, -0.25) is 19.5 Å². The van der Waals surface area contributed by atoms with E-state index in [0.29, 0.717) is 19.6 Å². The second-order valence-electron chi connectivity index (χ2n) is 6.19. The fourth-order valence-electron chi connectivity index (χ4n) is 3.31. The molecule has 0 N–H and O–H groups in total. The molecule has 0 aliphatic carbocycles. The van der Waals surface area contributed by atoms with E-state index in [-0.39, 0.29) is 17.9 Å². The molecule has 5 heteroatoms. The normalized spacial score (nSPS) is 23.4. The molecule has 0 aromatic heterocycles. The van der Waals surface area contributed by atoms with Crippen molar-refractivity contribution in [3.63, 3.8) is 0 Å². The monoisotopic (exact) mass is 301 g/mol. The van der Waals surface area contributed by atoms with Gasteiger partial charge < -0.3 is 0 Å². The van der Waals surface area contributed by atoms with Crippen molar-refractivity contribution in [1.29, 1.82) is 0 Å². The minimum Gasteiger partial charge on any atom is -0.285 e. The molecule has 0 saturated carbocycles. The van der Waals surface area contributed by atoms with Gasteiger partial charge in [0.2, 0.25) is 0 Å². The first kappa shape index (κ1) is 15.0. The van der Waals surface area contributed by atoms with Crippen molar-refractivity contribution < 1.29 is 9.59 Å². The van der Waals surface area contributed by atoms with Crippen LogP contribution in [0, 0.1) is 0 Å². The van der Waals surface area contributed by atoms with Crippen molar-refractivity contribution in [2.75, 3.05) is 26.2 Å². The number of fused-ring (bicyclic) bond motifs is 1. The number of amides is 2. The van der Waals surface area contributed by atoms with E-state index in [9.17, 15) is 9.59 Å². The van der Waals surface area contributed by atoms with E-state index in [4.69, 9.17) is 0 Å². The fourth-order valence-corrected chi connectivity index (χ4v) is 3.31. The maximum atomic E-state index is 12.5. The molecule has 3 rings (SSSR count). The van der Waals surface area contributed by atoms with Crippen molar-refractivity contribution in [3.05, 3.63) is 35.9 Å². The molecule has 0 spiro atoms. The third-order valence-electron chi connectivity index (χ3n) is 4.49. The third-order valence-corrected chi connectivity index (χ3v) is 4.49. The van der Waals surface area contributed by atoms with Gasteiger partial charge in [0.05, 0.1) is 19.1 Å². The van der Waals surface area contributed by atoms with E-state index in [0.717, 1.165) is 25.8 Å². The highest BCUT2D eigenvalue weighted by Crippen LogP contribution is 2.21. The Morgan fingerprint density at radius 2 is 1.82 bits per heavy atom. The lowest BCUT2D eigenvalue weighted by Crippen LogP contribution is -2.56. The lowest BCUT2D eigenvalue weighted by Gasteiger charge is -2.41. The topological polar surface area (TPSA) is 43.9 Å². The summed E-state index contributed by atoms with van der Waals surface area (Å²) in [7, 11) is 0. The van der Waals surface area contributed by atoms with Crippen molar-refractivity contribution in [2.24, 2.45) is 0 Å². The molecule has 1 aromatic carbocycles. The molecule has 1 aromatic rings. The average molecular weight is 301 g/mol. The first-order valence-corrected chi connectivity index (χ1v) is 8.04. The van der Waals surface area contributed by atoms with E-state index in [2.05, 4.69) is 12.1 Å². The van der Waals surface area contributed by atoms with Crippen LogP contribution in [-0.4, -0.2) is 59.0 Å². The van der Waals surface area contributed by atoms with Crippen LogP contribution in [0.3, 0.4) is 0 Å². The molecule has 5 nitrogen and oxygen atoms in total. The summed E-state index contributed by atoms with van der Waals surface area (Å²) in [6.07, 6.45) is 2.80. The Hall–Kier alpha value is -1.88. The Bertz CT molecular complexity index is 546. The Balaban J connectivity index is 1.67. The van der Waals surface area contributed by atoms with Crippen molar-refractivity contribution in [1.82, 2.24) is 14.9 Å². The number of benzene rings is 1. The molecule has 0 bridgehead atoms. The van der Waals surface area contributed by atoms with Crippen LogP contribution < -0.4 is 0 Å². The molecule has 2 saturated heterocycles. The van der Waals surface area contributed by atoms with Gasteiger partial charge in [0.1, 0.15) is 0 Å². The number of hydrazine groups is 1. The van der Waals surface area contributed by atoms with E-state index in [1.165, 1.54) is 5.56 Å². The molecule has 0 unspecified atom stereocenters. The van der Waals surface area contributed by atoms with Crippen LogP contribution >= 0.6 is 0 Å². The lowest BCUT2D eigenvalue weighted by molar-refractivity contribution is -0.169. The molecule has 0 radical (unpaired) electrons. The van der Waals surface area contributed by atoms with Crippen LogP contribution in [0.25, 0.3) is 0 Å². The van der Waals surface area contributed by atoms with Crippen LogP contribution in [0.2, 0.25) is 0 Å². The van der Waals surface area contributed by atoms with Crippen molar-refractivity contribution in [2.45, 2.75) is 32.2 Å². The SMILES string of the molecule is C[C@H]1CCCN2C(=O)CN(CCc3ccccc3)CC(=O)N12. The number of nitrogens with zero attached hydrogens (tertiary/aromatic N) is 3. The van der Waals surface area contributed by atoms with Crippen LogP contribution in [-0.2, 0) is 16.0 Å². The van der Waals surface area contributed by atoms with Crippen LogP contribution in [0.1, 0.15) is 25.3 Å². The van der Waals surface area contributed by atoms with Crippen LogP contribution in [0.5, 0.6) is 0 Å².